The summed E-state index contributed by atoms with van der Waals surface area (Å²) in [6.07, 6.45) is 2.28. The van der Waals surface area contributed by atoms with Gasteiger partial charge in [0.2, 0.25) is 0 Å². The van der Waals surface area contributed by atoms with Crippen molar-refractivity contribution in [2.24, 2.45) is 4.99 Å². The molecular formula is C24H34N4O. The summed E-state index contributed by atoms with van der Waals surface area (Å²) in [5, 5.41) is 7.02. The fourth-order valence-corrected chi connectivity index (χ4v) is 3.67. The van der Waals surface area contributed by atoms with Crippen LogP contribution in [-0.2, 0) is 24.4 Å². The van der Waals surface area contributed by atoms with Crippen LogP contribution < -0.4 is 10.6 Å². The SMILES string of the molecule is CCNC(=NCc1ccc(COC)cc1)NC1CCN(Cc2ccccc2)CC1. The van der Waals surface area contributed by atoms with Crippen molar-refractivity contribution in [3.05, 3.63) is 71.3 Å². The van der Waals surface area contributed by atoms with E-state index in [4.69, 9.17) is 9.73 Å². The molecule has 3 rings (SSSR count). The molecule has 2 aromatic carbocycles. The molecule has 0 spiro atoms. The Kier molecular flexibility index (Phi) is 8.53. The van der Waals surface area contributed by atoms with Crippen LogP contribution in [0.3, 0.4) is 0 Å². The van der Waals surface area contributed by atoms with E-state index >= 15 is 0 Å². The van der Waals surface area contributed by atoms with E-state index < -0.39 is 0 Å². The molecule has 1 aliphatic rings. The van der Waals surface area contributed by atoms with Crippen LogP contribution in [0.25, 0.3) is 0 Å². The number of aliphatic imine (C=N–C) groups is 1. The number of hydrogen-bond acceptors (Lipinski definition) is 3. The fourth-order valence-electron chi connectivity index (χ4n) is 3.67. The Morgan fingerprint density at radius 2 is 1.69 bits per heavy atom. The van der Waals surface area contributed by atoms with Crippen molar-refractivity contribution in [3.63, 3.8) is 0 Å². The van der Waals surface area contributed by atoms with Crippen LogP contribution in [0.15, 0.2) is 59.6 Å². The molecule has 0 saturated carbocycles. The average Bonchev–Trinajstić information content (AvgIpc) is 2.75. The van der Waals surface area contributed by atoms with Gasteiger partial charge in [0.15, 0.2) is 5.96 Å². The summed E-state index contributed by atoms with van der Waals surface area (Å²) in [4.78, 5) is 7.33. The topological polar surface area (TPSA) is 48.9 Å². The maximum atomic E-state index is 5.17. The average molecular weight is 395 g/mol. The molecule has 0 radical (unpaired) electrons. The molecule has 0 atom stereocenters. The van der Waals surface area contributed by atoms with Crippen molar-refractivity contribution in [1.29, 1.82) is 0 Å². The molecule has 2 aromatic rings. The molecule has 1 aliphatic heterocycles. The Labute approximate surface area is 175 Å². The Morgan fingerprint density at radius 1 is 1.00 bits per heavy atom. The molecule has 1 heterocycles. The lowest BCUT2D eigenvalue weighted by Gasteiger charge is -2.33. The summed E-state index contributed by atoms with van der Waals surface area (Å²) in [5.41, 5.74) is 3.79. The molecular weight excluding hydrogens is 360 g/mol. The van der Waals surface area contributed by atoms with Gasteiger partial charge >= 0.3 is 0 Å². The van der Waals surface area contributed by atoms with Gasteiger partial charge in [-0.15, -0.1) is 0 Å². The van der Waals surface area contributed by atoms with Crippen molar-refractivity contribution < 1.29 is 4.74 Å². The van der Waals surface area contributed by atoms with Crippen LogP contribution in [0.2, 0.25) is 0 Å². The van der Waals surface area contributed by atoms with E-state index in [9.17, 15) is 0 Å². The van der Waals surface area contributed by atoms with Crippen molar-refractivity contribution in [1.82, 2.24) is 15.5 Å². The summed E-state index contributed by atoms with van der Waals surface area (Å²) in [6, 6.07) is 19.7. The third-order valence-electron chi connectivity index (χ3n) is 5.28. The van der Waals surface area contributed by atoms with Crippen molar-refractivity contribution in [3.8, 4) is 0 Å². The van der Waals surface area contributed by atoms with Gasteiger partial charge in [0.1, 0.15) is 0 Å². The zero-order valence-electron chi connectivity index (χ0n) is 17.7. The predicted octanol–water partition coefficient (Wildman–Crippen LogP) is 3.55. The number of nitrogens with zero attached hydrogens (tertiary/aromatic N) is 2. The Morgan fingerprint density at radius 3 is 2.34 bits per heavy atom. The summed E-state index contributed by atoms with van der Waals surface area (Å²) in [7, 11) is 1.72. The Bertz CT molecular complexity index is 737. The normalized spacial score (nSPS) is 16.0. The molecule has 0 unspecified atom stereocenters. The molecule has 5 heteroatoms. The molecule has 0 aromatic heterocycles. The molecule has 0 bridgehead atoms. The largest absolute Gasteiger partial charge is 0.380 e. The van der Waals surface area contributed by atoms with Gasteiger partial charge in [0.25, 0.3) is 0 Å². The molecule has 1 saturated heterocycles. The van der Waals surface area contributed by atoms with E-state index in [1.165, 1.54) is 16.7 Å². The second-order valence-corrected chi connectivity index (χ2v) is 7.63. The molecule has 29 heavy (non-hydrogen) atoms. The smallest absolute Gasteiger partial charge is 0.191 e. The van der Waals surface area contributed by atoms with E-state index in [1.807, 2.05) is 0 Å². The zero-order chi connectivity index (χ0) is 20.3. The van der Waals surface area contributed by atoms with Crippen LogP contribution in [0.1, 0.15) is 36.5 Å². The maximum Gasteiger partial charge on any atom is 0.191 e. The van der Waals surface area contributed by atoms with Gasteiger partial charge in [-0.25, -0.2) is 4.99 Å². The number of guanidine groups is 1. The first-order valence-corrected chi connectivity index (χ1v) is 10.6. The lowest BCUT2D eigenvalue weighted by Crippen LogP contribution is -2.48. The third kappa shape index (κ3) is 7.18. The molecule has 0 amide bonds. The van der Waals surface area contributed by atoms with E-state index in [2.05, 4.69) is 77.1 Å². The maximum absolute atomic E-state index is 5.17. The number of hydrogen-bond donors (Lipinski definition) is 2. The molecule has 156 valence electrons. The van der Waals surface area contributed by atoms with Gasteiger partial charge in [0, 0.05) is 39.3 Å². The van der Waals surface area contributed by atoms with Crippen LogP contribution in [-0.4, -0.2) is 43.6 Å². The van der Waals surface area contributed by atoms with Gasteiger partial charge in [-0.2, -0.15) is 0 Å². The van der Waals surface area contributed by atoms with Gasteiger partial charge in [0.05, 0.1) is 13.2 Å². The Balaban J connectivity index is 1.48. The van der Waals surface area contributed by atoms with E-state index in [0.29, 0.717) is 19.2 Å². The van der Waals surface area contributed by atoms with Gasteiger partial charge in [-0.1, -0.05) is 54.6 Å². The number of piperidine rings is 1. The van der Waals surface area contributed by atoms with Crippen molar-refractivity contribution in [2.45, 2.75) is 45.5 Å². The van der Waals surface area contributed by atoms with Gasteiger partial charge < -0.3 is 15.4 Å². The van der Waals surface area contributed by atoms with Crippen LogP contribution in [0, 0.1) is 0 Å². The quantitative estimate of drug-likeness (QED) is 0.531. The van der Waals surface area contributed by atoms with E-state index in [-0.39, 0.29) is 0 Å². The third-order valence-corrected chi connectivity index (χ3v) is 5.28. The lowest BCUT2D eigenvalue weighted by atomic mass is 10.0. The van der Waals surface area contributed by atoms with Gasteiger partial charge in [-0.3, -0.25) is 4.90 Å². The van der Waals surface area contributed by atoms with Gasteiger partial charge in [-0.05, 0) is 36.5 Å². The van der Waals surface area contributed by atoms with E-state index in [0.717, 1.165) is 45.0 Å². The molecule has 0 aliphatic carbocycles. The zero-order valence-corrected chi connectivity index (χ0v) is 17.7. The van der Waals surface area contributed by atoms with Crippen LogP contribution >= 0.6 is 0 Å². The molecule has 5 nitrogen and oxygen atoms in total. The summed E-state index contributed by atoms with van der Waals surface area (Å²) >= 11 is 0. The van der Waals surface area contributed by atoms with E-state index in [1.54, 1.807) is 7.11 Å². The number of methoxy groups -OCH3 is 1. The minimum absolute atomic E-state index is 0.476. The molecule has 1 fully saturated rings. The second kappa shape index (κ2) is 11.6. The number of nitrogens with one attached hydrogen (secondary N) is 2. The van der Waals surface area contributed by atoms with Crippen LogP contribution in [0.5, 0.6) is 0 Å². The minimum Gasteiger partial charge on any atom is -0.380 e. The first kappa shape index (κ1) is 21.3. The highest BCUT2D eigenvalue weighted by atomic mass is 16.5. The lowest BCUT2D eigenvalue weighted by molar-refractivity contribution is 0.185. The number of likely N-dealkylation sites (tertiary alicyclic amines) is 1. The minimum atomic E-state index is 0.476. The summed E-state index contributed by atoms with van der Waals surface area (Å²) in [5.74, 6) is 0.912. The first-order chi connectivity index (χ1) is 14.3. The first-order valence-electron chi connectivity index (χ1n) is 10.6. The monoisotopic (exact) mass is 394 g/mol. The van der Waals surface area contributed by atoms with Crippen molar-refractivity contribution >= 4 is 5.96 Å². The second-order valence-electron chi connectivity index (χ2n) is 7.63. The number of ether oxygens (including phenoxy) is 1. The standard InChI is InChI=1S/C24H34N4O/c1-3-25-24(26-17-20-9-11-22(12-10-20)19-29-2)27-23-13-15-28(16-14-23)18-21-7-5-4-6-8-21/h4-12,23H,3,13-19H2,1-2H3,(H2,25,26,27). The summed E-state index contributed by atoms with van der Waals surface area (Å²) < 4.78 is 5.17. The molecule has 2 N–H and O–H groups in total. The highest BCUT2D eigenvalue weighted by Crippen LogP contribution is 2.14. The predicted molar refractivity (Wildman–Crippen MR) is 120 cm³/mol. The number of rotatable bonds is 8. The fraction of sp³-hybridized carbons (Fsp3) is 0.458. The Hall–Kier alpha value is -2.37. The van der Waals surface area contributed by atoms with Crippen LogP contribution in [0.4, 0.5) is 0 Å². The van der Waals surface area contributed by atoms with Crippen molar-refractivity contribution in [2.75, 3.05) is 26.7 Å². The number of benzene rings is 2. The highest BCUT2D eigenvalue weighted by molar-refractivity contribution is 5.80. The highest BCUT2D eigenvalue weighted by Gasteiger charge is 2.20. The summed E-state index contributed by atoms with van der Waals surface area (Å²) in [6.45, 7) is 7.58.